The van der Waals surface area contributed by atoms with Crippen LogP contribution in [0.4, 0.5) is 0 Å². The van der Waals surface area contributed by atoms with Gasteiger partial charge in [-0.2, -0.15) is 0 Å². The molecule has 2 rings (SSSR count). The Balaban J connectivity index is 1.87. The maximum atomic E-state index is 6.16. The van der Waals surface area contributed by atoms with E-state index in [9.17, 15) is 0 Å². The molecule has 2 nitrogen and oxygen atoms in total. The number of hydrogen-bond donors (Lipinski definition) is 1. The molecule has 2 atom stereocenters. The van der Waals surface area contributed by atoms with Crippen molar-refractivity contribution in [3.05, 3.63) is 47.2 Å². The second kappa shape index (κ2) is 6.08. The van der Waals surface area contributed by atoms with E-state index in [1.165, 1.54) is 0 Å². The van der Waals surface area contributed by atoms with Gasteiger partial charge in [0.2, 0.25) is 0 Å². The highest BCUT2D eigenvalue weighted by Gasteiger charge is 2.14. The molecule has 0 spiro atoms. The smallest absolute Gasteiger partial charge is 0.110 e. The molecule has 0 aliphatic carbocycles. The monoisotopic (exact) mass is 251 g/mol. The molecule has 0 bridgehead atoms. The van der Waals surface area contributed by atoms with E-state index in [1.807, 2.05) is 18.2 Å². The van der Waals surface area contributed by atoms with E-state index in [-0.39, 0.29) is 12.1 Å². The van der Waals surface area contributed by atoms with Gasteiger partial charge in [-0.15, -0.1) is 0 Å². The summed E-state index contributed by atoms with van der Waals surface area (Å²) >= 11 is 6.16. The van der Waals surface area contributed by atoms with Crippen LogP contribution in [-0.2, 0) is 4.74 Å². The SMILES string of the molecule is CC(NCC1CCC=CO1)c1ccccc1Cl. The van der Waals surface area contributed by atoms with E-state index in [1.54, 1.807) is 6.26 Å². The highest BCUT2D eigenvalue weighted by Crippen LogP contribution is 2.22. The Morgan fingerprint density at radius 2 is 2.29 bits per heavy atom. The lowest BCUT2D eigenvalue weighted by atomic mass is 10.1. The number of hydrogen-bond acceptors (Lipinski definition) is 2. The topological polar surface area (TPSA) is 21.3 Å². The lowest BCUT2D eigenvalue weighted by Gasteiger charge is -2.23. The molecule has 1 aliphatic heterocycles. The van der Waals surface area contributed by atoms with Crippen LogP contribution < -0.4 is 5.32 Å². The standard InChI is InChI=1S/C14H18ClNO/c1-11(13-7-2-3-8-14(13)15)16-10-12-6-4-5-9-17-12/h2-3,5,7-9,11-12,16H,4,6,10H2,1H3. The van der Waals surface area contributed by atoms with E-state index < -0.39 is 0 Å². The molecule has 0 aromatic heterocycles. The molecule has 1 heterocycles. The summed E-state index contributed by atoms with van der Waals surface area (Å²) in [5.41, 5.74) is 1.14. The van der Waals surface area contributed by atoms with E-state index in [0.29, 0.717) is 0 Å². The largest absolute Gasteiger partial charge is 0.497 e. The summed E-state index contributed by atoms with van der Waals surface area (Å²) in [6.07, 6.45) is 6.33. The maximum absolute atomic E-state index is 6.16. The number of halogens is 1. The average molecular weight is 252 g/mol. The molecule has 0 saturated heterocycles. The normalized spacial score (nSPS) is 20.9. The van der Waals surface area contributed by atoms with Crippen LogP contribution in [0.25, 0.3) is 0 Å². The van der Waals surface area contributed by atoms with Gasteiger partial charge in [0.1, 0.15) is 6.10 Å². The minimum Gasteiger partial charge on any atom is -0.497 e. The number of ether oxygens (including phenoxy) is 1. The second-order valence-electron chi connectivity index (χ2n) is 4.36. The van der Waals surface area contributed by atoms with Crippen LogP contribution >= 0.6 is 11.6 Å². The minimum absolute atomic E-state index is 0.248. The van der Waals surface area contributed by atoms with Crippen molar-refractivity contribution in [3.63, 3.8) is 0 Å². The molecule has 92 valence electrons. The van der Waals surface area contributed by atoms with Gasteiger partial charge >= 0.3 is 0 Å². The minimum atomic E-state index is 0.248. The Morgan fingerprint density at radius 1 is 1.47 bits per heavy atom. The zero-order valence-corrected chi connectivity index (χ0v) is 10.8. The van der Waals surface area contributed by atoms with Crippen LogP contribution in [0.2, 0.25) is 5.02 Å². The summed E-state index contributed by atoms with van der Waals surface area (Å²) in [5.74, 6) is 0. The molecule has 1 aliphatic rings. The number of rotatable bonds is 4. The third kappa shape index (κ3) is 3.48. The predicted molar refractivity (Wildman–Crippen MR) is 71.1 cm³/mol. The van der Waals surface area contributed by atoms with Crippen molar-refractivity contribution in [2.45, 2.75) is 31.9 Å². The zero-order chi connectivity index (χ0) is 12.1. The molecule has 1 aromatic carbocycles. The summed E-state index contributed by atoms with van der Waals surface area (Å²) in [7, 11) is 0. The van der Waals surface area contributed by atoms with E-state index >= 15 is 0 Å². The van der Waals surface area contributed by atoms with Gasteiger partial charge in [0, 0.05) is 17.6 Å². The lowest BCUT2D eigenvalue weighted by Crippen LogP contribution is -2.31. The van der Waals surface area contributed by atoms with Crippen LogP contribution in [0.1, 0.15) is 31.4 Å². The van der Waals surface area contributed by atoms with Crippen LogP contribution in [0, 0.1) is 0 Å². The van der Waals surface area contributed by atoms with Crippen molar-refractivity contribution in [2.75, 3.05) is 6.54 Å². The summed E-state index contributed by atoms with van der Waals surface area (Å²) < 4.78 is 5.52. The van der Waals surface area contributed by atoms with Crippen LogP contribution in [-0.4, -0.2) is 12.6 Å². The van der Waals surface area contributed by atoms with Gasteiger partial charge in [0.05, 0.1) is 6.26 Å². The molecule has 1 aromatic rings. The molecule has 0 fully saturated rings. The van der Waals surface area contributed by atoms with Crippen molar-refractivity contribution in [1.29, 1.82) is 0 Å². The molecule has 1 N–H and O–H groups in total. The fourth-order valence-electron chi connectivity index (χ4n) is 1.98. The quantitative estimate of drug-likeness (QED) is 0.881. The molecule has 0 saturated carbocycles. The van der Waals surface area contributed by atoms with Crippen LogP contribution in [0.3, 0.4) is 0 Å². The third-order valence-electron chi connectivity index (χ3n) is 3.05. The van der Waals surface area contributed by atoms with Crippen LogP contribution in [0.5, 0.6) is 0 Å². The highest BCUT2D eigenvalue weighted by atomic mass is 35.5. The first-order chi connectivity index (χ1) is 8.27. The van der Waals surface area contributed by atoms with Crippen molar-refractivity contribution < 1.29 is 4.74 Å². The van der Waals surface area contributed by atoms with Gasteiger partial charge < -0.3 is 10.1 Å². The van der Waals surface area contributed by atoms with Gasteiger partial charge in [0.15, 0.2) is 0 Å². The Morgan fingerprint density at radius 3 is 3.00 bits per heavy atom. The Labute approximate surface area is 108 Å². The number of allylic oxidation sites excluding steroid dienone is 1. The first-order valence-corrected chi connectivity index (χ1v) is 6.43. The molecule has 0 radical (unpaired) electrons. The van der Waals surface area contributed by atoms with E-state index in [4.69, 9.17) is 16.3 Å². The molecule has 2 unspecified atom stereocenters. The molecular weight excluding hydrogens is 234 g/mol. The Hall–Kier alpha value is -0.990. The lowest BCUT2D eigenvalue weighted by molar-refractivity contribution is 0.120. The maximum Gasteiger partial charge on any atom is 0.110 e. The molecule has 3 heteroatoms. The highest BCUT2D eigenvalue weighted by molar-refractivity contribution is 6.31. The average Bonchev–Trinajstić information content (AvgIpc) is 2.38. The fraction of sp³-hybridized carbons (Fsp3) is 0.429. The molecular formula is C14H18ClNO. The first-order valence-electron chi connectivity index (χ1n) is 6.05. The summed E-state index contributed by atoms with van der Waals surface area (Å²) in [5, 5.41) is 4.28. The summed E-state index contributed by atoms with van der Waals surface area (Å²) in [4.78, 5) is 0. The predicted octanol–water partition coefficient (Wildman–Crippen LogP) is 3.68. The summed E-state index contributed by atoms with van der Waals surface area (Å²) in [6, 6.07) is 8.20. The molecule has 17 heavy (non-hydrogen) atoms. The Bertz CT molecular complexity index is 392. The first kappa shape index (κ1) is 12.5. The third-order valence-corrected chi connectivity index (χ3v) is 3.39. The van der Waals surface area contributed by atoms with Crippen molar-refractivity contribution in [1.82, 2.24) is 5.32 Å². The molecule has 0 amide bonds. The van der Waals surface area contributed by atoms with Gasteiger partial charge in [0.25, 0.3) is 0 Å². The van der Waals surface area contributed by atoms with Gasteiger partial charge in [-0.05, 0) is 37.5 Å². The van der Waals surface area contributed by atoms with Gasteiger partial charge in [-0.3, -0.25) is 0 Å². The zero-order valence-electron chi connectivity index (χ0n) is 10.0. The number of benzene rings is 1. The number of nitrogens with one attached hydrogen (secondary N) is 1. The van der Waals surface area contributed by atoms with E-state index in [0.717, 1.165) is 30.0 Å². The Kier molecular flexibility index (Phi) is 4.46. The summed E-state index contributed by atoms with van der Waals surface area (Å²) in [6.45, 7) is 2.98. The van der Waals surface area contributed by atoms with Crippen LogP contribution in [0.15, 0.2) is 36.6 Å². The van der Waals surface area contributed by atoms with Crippen molar-refractivity contribution in [2.24, 2.45) is 0 Å². The van der Waals surface area contributed by atoms with E-state index in [2.05, 4.69) is 24.4 Å². The fourth-order valence-corrected chi connectivity index (χ4v) is 2.28. The van der Waals surface area contributed by atoms with Crippen molar-refractivity contribution >= 4 is 11.6 Å². The second-order valence-corrected chi connectivity index (χ2v) is 4.77. The van der Waals surface area contributed by atoms with Gasteiger partial charge in [-0.1, -0.05) is 29.8 Å². The van der Waals surface area contributed by atoms with Gasteiger partial charge in [-0.25, -0.2) is 0 Å². The van der Waals surface area contributed by atoms with Crippen molar-refractivity contribution in [3.8, 4) is 0 Å².